The van der Waals surface area contributed by atoms with Gasteiger partial charge in [-0.15, -0.1) is 0 Å². The highest BCUT2D eigenvalue weighted by molar-refractivity contribution is 6.09. The maximum atomic E-state index is 13.0. The van der Waals surface area contributed by atoms with Crippen LogP contribution in [0.2, 0.25) is 0 Å². The molecule has 1 heterocycles. The number of ether oxygens (including phenoxy) is 1. The normalized spacial score (nSPS) is 10.5. The molecule has 3 N–H and O–H groups in total. The Hall–Kier alpha value is -2.60. The zero-order chi connectivity index (χ0) is 17.7. The molecule has 0 saturated carbocycles. The van der Waals surface area contributed by atoms with Crippen molar-refractivity contribution in [3.8, 4) is 5.75 Å². The number of rotatable bonds is 7. The lowest BCUT2D eigenvalue weighted by molar-refractivity contribution is -0.118. The summed E-state index contributed by atoms with van der Waals surface area (Å²) in [6.45, 7) is 4.65. The summed E-state index contributed by atoms with van der Waals surface area (Å²) in [6.07, 6.45) is 0. The van der Waals surface area contributed by atoms with Gasteiger partial charge in [0, 0.05) is 37.8 Å². The lowest BCUT2D eigenvalue weighted by Gasteiger charge is -2.13. The second-order valence-electron chi connectivity index (χ2n) is 5.56. The predicted molar refractivity (Wildman–Crippen MR) is 92.2 cm³/mol. The molecule has 1 amide bonds. The predicted octanol–water partition coefficient (Wildman–Crippen LogP) is 1.63. The third-order valence-corrected chi connectivity index (χ3v) is 3.88. The maximum Gasteiger partial charge on any atom is 0.216 e. The Morgan fingerprint density at radius 3 is 2.46 bits per heavy atom. The van der Waals surface area contributed by atoms with Crippen molar-refractivity contribution in [2.75, 3.05) is 13.7 Å². The molecule has 24 heavy (non-hydrogen) atoms. The van der Waals surface area contributed by atoms with E-state index in [0.717, 1.165) is 11.3 Å². The van der Waals surface area contributed by atoms with Crippen LogP contribution in [0.15, 0.2) is 30.3 Å². The van der Waals surface area contributed by atoms with Crippen LogP contribution in [0.4, 0.5) is 0 Å². The molecule has 0 spiro atoms. The van der Waals surface area contributed by atoms with Gasteiger partial charge in [-0.3, -0.25) is 9.59 Å². The Morgan fingerprint density at radius 1 is 1.25 bits per heavy atom. The standard InChI is InChI=1S/C18H23N3O3/c1-12-10-15(11-19)17(21(12)9-8-20-13(2)22)18(23)14-4-6-16(24-3)7-5-14/h4-7,10H,8-9,11,19H2,1-3H3,(H,20,22). The summed E-state index contributed by atoms with van der Waals surface area (Å²) in [5, 5.41) is 2.75. The lowest BCUT2D eigenvalue weighted by atomic mass is 10.0. The first kappa shape index (κ1) is 17.7. The Morgan fingerprint density at radius 2 is 1.92 bits per heavy atom. The average molecular weight is 329 g/mol. The zero-order valence-corrected chi connectivity index (χ0v) is 14.3. The molecule has 0 bridgehead atoms. The van der Waals surface area contributed by atoms with E-state index in [2.05, 4.69) is 5.32 Å². The molecule has 0 radical (unpaired) electrons. The van der Waals surface area contributed by atoms with Crippen molar-refractivity contribution in [3.63, 3.8) is 0 Å². The molecule has 0 atom stereocenters. The number of aromatic nitrogens is 1. The van der Waals surface area contributed by atoms with E-state index in [4.69, 9.17) is 10.5 Å². The van der Waals surface area contributed by atoms with Crippen molar-refractivity contribution in [3.05, 3.63) is 52.8 Å². The molecule has 1 aromatic heterocycles. The molecule has 1 aromatic carbocycles. The molecule has 0 aliphatic carbocycles. The van der Waals surface area contributed by atoms with E-state index in [0.29, 0.717) is 30.1 Å². The van der Waals surface area contributed by atoms with Crippen LogP contribution in [-0.4, -0.2) is 29.9 Å². The van der Waals surface area contributed by atoms with Crippen molar-refractivity contribution in [2.45, 2.75) is 26.9 Å². The molecule has 0 aliphatic heterocycles. The maximum absolute atomic E-state index is 13.0. The fourth-order valence-electron chi connectivity index (χ4n) is 2.68. The van der Waals surface area contributed by atoms with Gasteiger partial charge in [0.1, 0.15) is 5.75 Å². The van der Waals surface area contributed by atoms with E-state index >= 15 is 0 Å². The molecule has 128 valence electrons. The summed E-state index contributed by atoms with van der Waals surface area (Å²) < 4.78 is 7.03. The summed E-state index contributed by atoms with van der Waals surface area (Å²) in [6, 6.07) is 8.91. The van der Waals surface area contributed by atoms with Gasteiger partial charge >= 0.3 is 0 Å². The first-order chi connectivity index (χ1) is 11.5. The average Bonchev–Trinajstić information content (AvgIpc) is 2.90. The van der Waals surface area contributed by atoms with Crippen molar-refractivity contribution in [1.82, 2.24) is 9.88 Å². The van der Waals surface area contributed by atoms with Crippen molar-refractivity contribution in [1.29, 1.82) is 0 Å². The van der Waals surface area contributed by atoms with Gasteiger partial charge in [0.05, 0.1) is 12.8 Å². The van der Waals surface area contributed by atoms with Gasteiger partial charge in [-0.05, 0) is 42.8 Å². The van der Waals surface area contributed by atoms with Crippen LogP contribution in [0.25, 0.3) is 0 Å². The Balaban J connectivity index is 2.35. The first-order valence-corrected chi connectivity index (χ1v) is 7.80. The van der Waals surface area contributed by atoms with Gasteiger partial charge in [0.2, 0.25) is 11.7 Å². The molecule has 2 aromatic rings. The van der Waals surface area contributed by atoms with Gasteiger partial charge in [-0.1, -0.05) is 0 Å². The number of amides is 1. The van der Waals surface area contributed by atoms with E-state index in [-0.39, 0.29) is 18.2 Å². The molecule has 0 saturated heterocycles. The Kier molecular flexibility index (Phi) is 5.76. The fraction of sp³-hybridized carbons (Fsp3) is 0.333. The number of nitrogens with two attached hydrogens (primary N) is 1. The highest BCUT2D eigenvalue weighted by atomic mass is 16.5. The minimum atomic E-state index is -0.0955. The molecular formula is C18H23N3O3. The van der Waals surface area contributed by atoms with Crippen LogP contribution < -0.4 is 15.8 Å². The zero-order valence-electron chi connectivity index (χ0n) is 14.3. The van der Waals surface area contributed by atoms with Crippen molar-refractivity contribution < 1.29 is 14.3 Å². The van der Waals surface area contributed by atoms with E-state index < -0.39 is 0 Å². The number of carbonyl (C=O) groups is 2. The first-order valence-electron chi connectivity index (χ1n) is 7.80. The summed E-state index contributed by atoms with van der Waals surface area (Å²) in [7, 11) is 1.58. The number of benzene rings is 1. The highest BCUT2D eigenvalue weighted by Gasteiger charge is 2.20. The summed E-state index contributed by atoms with van der Waals surface area (Å²) in [5.41, 5.74) is 8.71. The van der Waals surface area contributed by atoms with E-state index in [1.807, 2.05) is 17.6 Å². The monoisotopic (exact) mass is 329 g/mol. The Bertz CT molecular complexity index is 733. The highest BCUT2D eigenvalue weighted by Crippen LogP contribution is 2.21. The van der Waals surface area contributed by atoms with Gasteiger partial charge in [0.25, 0.3) is 0 Å². The van der Waals surface area contributed by atoms with Gasteiger partial charge in [0.15, 0.2) is 0 Å². The summed E-state index contributed by atoms with van der Waals surface area (Å²) in [4.78, 5) is 24.0. The van der Waals surface area contributed by atoms with Gasteiger partial charge < -0.3 is 20.4 Å². The summed E-state index contributed by atoms with van der Waals surface area (Å²) >= 11 is 0. The number of nitrogens with zero attached hydrogens (tertiary/aromatic N) is 1. The minimum Gasteiger partial charge on any atom is -0.497 e. The van der Waals surface area contributed by atoms with E-state index in [1.165, 1.54) is 6.92 Å². The fourth-order valence-corrected chi connectivity index (χ4v) is 2.68. The number of hydrogen-bond donors (Lipinski definition) is 2. The topological polar surface area (TPSA) is 86.3 Å². The molecule has 0 aliphatic rings. The minimum absolute atomic E-state index is 0.0889. The molecule has 6 nitrogen and oxygen atoms in total. The van der Waals surface area contributed by atoms with E-state index in [1.54, 1.807) is 31.4 Å². The largest absolute Gasteiger partial charge is 0.497 e. The van der Waals surface area contributed by atoms with Crippen LogP contribution in [0.5, 0.6) is 5.75 Å². The van der Waals surface area contributed by atoms with Crippen LogP contribution in [0, 0.1) is 6.92 Å². The molecule has 0 fully saturated rings. The number of methoxy groups -OCH3 is 1. The number of carbonyl (C=O) groups excluding carboxylic acids is 2. The molecular weight excluding hydrogens is 306 g/mol. The van der Waals surface area contributed by atoms with E-state index in [9.17, 15) is 9.59 Å². The third-order valence-electron chi connectivity index (χ3n) is 3.88. The molecule has 2 rings (SSSR count). The van der Waals surface area contributed by atoms with Crippen molar-refractivity contribution >= 4 is 11.7 Å². The number of aryl methyl sites for hydroxylation is 1. The van der Waals surface area contributed by atoms with Crippen LogP contribution in [0.3, 0.4) is 0 Å². The van der Waals surface area contributed by atoms with Gasteiger partial charge in [-0.25, -0.2) is 0 Å². The SMILES string of the molecule is COc1ccc(C(=O)c2c(CN)cc(C)n2CCNC(C)=O)cc1. The smallest absolute Gasteiger partial charge is 0.216 e. The second-order valence-corrected chi connectivity index (χ2v) is 5.56. The molecule has 0 unspecified atom stereocenters. The number of hydrogen-bond acceptors (Lipinski definition) is 4. The molecule has 6 heteroatoms. The quantitative estimate of drug-likeness (QED) is 0.756. The van der Waals surface area contributed by atoms with Crippen LogP contribution in [0.1, 0.15) is 34.2 Å². The Labute approximate surface area is 141 Å². The van der Waals surface area contributed by atoms with Crippen LogP contribution in [-0.2, 0) is 17.9 Å². The lowest BCUT2D eigenvalue weighted by Crippen LogP contribution is -2.26. The number of nitrogens with one attached hydrogen (secondary N) is 1. The van der Waals surface area contributed by atoms with Crippen LogP contribution >= 0.6 is 0 Å². The van der Waals surface area contributed by atoms with Gasteiger partial charge in [-0.2, -0.15) is 0 Å². The number of ketones is 1. The summed E-state index contributed by atoms with van der Waals surface area (Å²) in [5.74, 6) is 0.513. The van der Waals surface area contributed by atoms with Crippen molar-refractivity contribution in [2.24, 2.45) is 5.73 Å². The third kappa shape index (κ3) is 3.83. The second kappa shape index (κ2) is 7.79.